The summed E-state index contributed by atoms with van der Waals surface area (Å²) >= 11 is 0. The topological polar surface area (TPSA) is 80.0 Å². The highest BCUT2D eigenvalue weighted by molar-refractivity contribution is 5.76. The summed E-state index contributed by atoms with van der Waals surface area (Å²) in [6.45, 7) is 1.90. The lowest BCUT2D eigenvalue weighted by Gasteiger charge is -2.28. The number of fused-ring (bicyclic) bond motifs is 2. The number of piperidine rings is 1. The molecule has 1 aromatic carbocycles. The summed E-state index contributed by atoms with van der Waals surface area (Å²) in [6, 6.07) is 11.0. The summed E-state index contributed by atoms with van der Waals surface area (Å²) < 4.78 is 5.34. The van der Waals surface area contributed by atoms with E-state index in [1.807, 2.05) is 37.3 Å². The van der Waals surface area contributed by atoms with Gasteiger partial charge in [0, 0.05) is 18.5 Å². The average Bonchev–Trinajstić information content (AvgIpc) is 3.22. The zero-order valence-electron chi connectivity index (χ0n) is 15.1. The molecular weight excluding hydrogens is 328 g/mol. The normalized spacial score (nSPS) is 25.8. The van der Waals surface area contributed by atoms with E-state index < -0.39 is 0 Å². The second-order valence-corrected chi connectivity index (χ2v) is 7.68. The van der Waals surface area contributed by atoms with Crippen molar-refractivity contribution in [2.45, 2.75) is 63.6 Å². The van der Waals surface area contributed by atoms with E-state index in [2.05, 4.69) is 20.8 Å². The Morgan fingerprint density at radius 2 is 2.00 bits per heavy atom. The molecule has 26 heavy (non-hydrogen) atoms. The van der Waals surface area contributed by atoms with Gasteiger partial charge >= 0.3 is 0 Å². The molecule has 0 aliphatic carbocycles. The van der Waals surface area contributed by atoms with Gasteiger partial charge in [0.15, 0.2) is 5.82 Å². The van der Waals surface area contributed by atoms with Gasteiger partial charge in [-0.3, -0.25) is 4.79 Å². The number of carbonyl (C=O) groups is 1. The molecule has 0 radical (unpaired) electrons. The minimum absolute atomic E-state index is 0.0817. The fraction of sp³-hybridized carbons (Fsp3) is 0.550. The maximum atomic E-state index is 12.4. The Balaban J connectivity index is 1.29. The zero-order valence-corrected chi connectivity index (χ0v) is 15.1. The van der Waals surface area contributed by atoms with Crippen molar-refractivity contribution in [3.63, 3.8) is 0 Å². The smallest absolute Gasteiger partial charge is 0.231 e. The molecule has 2 saturated heterocycles. The third-order valence-electron chi connectivity index (χ3n) is 5.49. The Kier molecular flexibility index (Phi) is 5.02. The summed E-state index contributed by atoms with van der Waals surface area (Å²) in [5.41, 5.74) is 1.12. The lowest BCUT2D eigenvalue weighted by molar-refractivity contribution is -0.123. The van der Waals surface area contributed by atoms with Crippen molar-refractivity contribution in [1.29, 1.82) is 0 Å². The molecule has 3 heterocycles. The molecule has 138 valence electrons. The van der Waals surface area contributed by atoms with Crippen LogP contribution in [0.1, 0.15) is 62.3 Å². The Labute approximate surface area is 153 Å². The van der Waals surface area contributed by atoms with Gasteiger partial charge in [-0.05, 0) is 44.1 Å². The second-order valence-electron chi connectivity index (χ2n) is 7.68. The monoisotopic (exact) mass is 354 g/mol. The lowest BCUT2D eigenvalue weighted by atomic mass is 9.89. The third kappa shape index (κ3) is 4.12. The molecule has 3 unspecified atom stereocenters. The molecular formula is C20H26N4O2. The first-order valence-corrected chi connectivity index (χ1v) is 9.57. The van der Waals surface area contributed by atoms with E-state index in [-0.39, 0.29) is 11.9 Å². The quantitative estimate of drug-likeness (QED) is 0.834. The number of nitrogens with one attached hydrogen (secondary N) is 2. The van der Waals surface area contributed by atoms with Crippen molar-refractivity contribution in [1.82, 2.24) is 20.8 Å². The minimum Gasteiger partial charge on any atom is -0.346 e. The van der Waals surface area contributed by atoms with Crippen LogP contribution in [0.15, 0.2) is 34.9 Å². The van der Waals surface area contributed by atoms with Gasteiger partial charge in [0.1, 0.15) is 0 Å². The highest BCUT2D eigenvalue weighted by Gasteiger charge is 2.34. The Bertz CT molecular complexity index is 733. The van der Waals surface area contributed by atoms with Crippen LogP contribution in [-0.4, -0.2) is 28.1 Å². The lowest BCUT2D eigenvalue weighted by Crippen LogP contribution is -2.40. The van der Waals surface area contributed by atoms with Crippen LogP contribution >= 0.6 is 0 Å². The summed E-state index contributed by atoms with van der Waals surface area (Å²) in [6.07, 6.45) is 5.93. The van der Waals surface area contributed by atoms with Crippen LogP contribution in [0.3, 0.4) is 0 Å². The van der Waals surface area contributed by atoms with Gasteiger partial charge in [0.25, 0.3) is 0 Å². The van der Waals surface area contributed by atoms with Gasteiger partial charge in [-0.1, -0.05) is 35.5 Å². The van der Waals surface area contributed by atoms with E-state index in [0.29, 0.717) is 42.6 Å². The largest absolute Gasteiger partial charge is 0.346 e. The van der Waals surface area contributed by atoms with Gasteiger partial charge in [0.05, 0.1) is 12.5 Å². The first kappa shape index (κ1) is 17.2. The molecule has 2 aliphatic rings. The van der Waals surface area contributed by atoms with Crippen molar-refractivity contribution in [2.24, 2.45) is 5.92 Å². The molecule has 6 heteroatoms. The predicted molar refractivity (Wildman–Crippen MR) is 97.4 cm³/mol. The van der Waals surface area contributed by atoms with Crippen molar-refractivity contribution < 1.29 is 9.32 Å². The number of nitrogens with zero attached hydrogens (tertiary/aromatic N) is 2. The molecule has 2 aliphatic heterocycles. The molecule has 1 aromatic heterocycles. The standard InChI is InChI=1S/C20H26N4O2/c1-13(20-23-19(26-24-20)12-14-5-3-2-4-6-14)21-18(25)11-15-9-16-7-8-17(10-15)22-16/h2-6,13,15-17,22H,7-12H2,1H3,(H,21,25). The highest BCUT2D eigenvalue weighted by Crippen LogP contribution is 2.32. The molecule has 2 bridgehead atoms. The zero-order chi connectivity index (χ0) is 17.9. The summed E-state index contributed by atoms with van der Waals surface area (Å²) in [4.78, 5) is 16.8. The molecule has 1 amide bonds. The first-order valence-electron chi connectivity index (χ1n) is 9.57. The van der Waals surface area contributed by atoms with E-state index in [1.54, 1.807) is 0 Å². The van der Waals surface area contributed by atoms with Crippen molar-refractivity contribution >= 4 is 5.91 Å². The van der Waals surface area contributed by atoms with E-state index in [1.165, 1.54) is 12.8 Å². The van der Waals surface area contributed by atoms with Crippen LogP contribution in [0, 0.1) is 5.92 Å². The fourth-order valence-corrected chi connectivity index (χ4v) is 4.26. The average molecular weight is 354 g/mol. The van der Waals surface area contributed by atoms with Crippen LogP contribution in [0.4, 0.5) is 0 Å². The van der Waals surface area contributed by atoms with Gasteiger partial charge in [-0.25, -0.2) is 0 Å². The van der Waals surface area contributed by atoms with Gasteiger partial charge in [-0.15, -0.1) is 0 Å². The third-order valence-corrected chi connectivity index (χ3v) is 5.49. The van der Waals surface area contributed by atoms with Crippen LogP contribution in [-0.2, 0) is 11.2 Å². The van der Waals surface area contributed by atoms with E-state index >= 15 is 0 Å². The van der Waals surface area contributed by atoms with Crippen LogP contribution in [0.25, 0.3) is 0 Å². The second kappa shape index (κ2) is 7.58. The number of benzene rings is 1. The van der Waals surface area contributed by atoms with Crippen LogP contribution in [0.2, 0.25) is 0 Å². The number of hydrogen-bond acceptors (Lipinski definition) is 5. The molecule has 3 atom stereocenters. The highest BCUT2D eigenvalue weighted by atomic mass is 16.5. The van der Waals surface area contributed by atoms with E-state index in [9.17, 15) is 4.79 Å². The Morgan fingerprint density at radius 1 is 1.27 bits per heavy atom. The van der Waals surface area contributed by atoms with Crippen molar-refractivity contribution in [3.05, 3.63) is 47.6 Å². The summed E-state index contributed by atoms with van der Waals surface area (Å²) in [5, 5.41) is 10.7. The Hall–Kier alpha value is -2.21. The van der Waals surface area contributed by atoms with Crippen LogP contribution in [0.5, 0.6) is 0 Å². The van der Waals surface area contributed by atoms with Gasteiger partial charge in [-0.2, -0.15) is 4.98 Å². The fourth-order valence-electron chi connectivity index (χ4n) is 4.26. The van der Waals surface area contributed by atoms with E-state index in [4.69, 9.17) is 4.52 Å². The van der Waals surface area contributed by atoms with Gasteiger partial charge in [0.2, 0.25) is 11.8 Å². The number of aromatic nitrogens is 2. The summed E-state index contributed by atoms with van der Waals surface area (Å²) in [5.74, 6) is 1.68. The molecule has 0 saturated carbocycles. The maximum Gasteiger partial charge on any atom is 0.231 e. The number of amides is 1. The number of rotatable bonds is 6. The van der Waals surface area contributed by atoms with Crippen LogP contribution < -0.4 is 10.6 Å². The molecule has 2 aromatic rings. The van der Waals surface area contributed by atoms with Crippen molar-refractivity contribution in [2.75, 3.05) is 0 Å². The molecule has 4 rings (SSSR count). The predicted octanol–water partition coefficient (Wildman–Crippen LogP) is 2.76. The maximum absolute atomic E-state index is 12.4. The molecule has 6 nitrogen and oxygen atoms in total. The Morgan fingerprint density at radius 3 is 2.73 bits per heavy atom. The molecule has 2 fully saturated rings. The van der Waals surface area contributed by atoms with E-state index in [0.717, 1.165) is 18.4 Å². The minimum atomic E-state index is -0.241. The molecule has 0 spiro atoms. The molecule has 2 N–H and O–H groups in total. The SMILES string of the molecule is CC(NC(=O)CC1CC2CCC(C1)N2)c1noc(Cc2ccccc2)n1. The number of carbonyl (C=O) groups excluding carboxylic acids is 1. The first-order chi connectivity index (χ1) is 12.7. The van der Waals surface area contributed by atoms with Gasteiger partial charge < -0.3 is 15.2 Å². The number of hydrogen-bond donors (Lipinski definition) is 2. The van der Waals surface area contributed by atoms with Crippen molar-refractivity contribution in [3.8, 4) is 0 Å². The summed E-state index contributed by atoms with van der Waals surface area (Å²) in [7, 11) is 0.